The first-order chi connectivity index (χ1) is 8.65. The Morgan fingerprint density at radius 3 is 2.22 bits per heavy atom. The van der Waals surface area contributed by atoms with Crippen LogP contribution in [-0.4, -0.2) is 14.2 Å². The zero-order valence-corrected chi connectivity index (χ0v) is 10.2. The summed E-state index contributed by atoms with van der Waals surface area (Å²) in [6.45, 7) is 0. The first-order valence-corrected chi connectivity index (χ1v) is 5.43. The van der Waals surface area contributed by atoms with E-state index in [9.17, 15) is 4.39 Å². The fraction of sp³-hybridized carbons (Fsp3) is 0.143. The maximum absolute atomic E-state index is 13.3. The molecule has 0 amide bonds. The van der Waals surface area contributed by atoms with Crippen molar-refractivity contribution < 1.29 is 13.9 Å². The second-order valence-electron chi connectivity index (χ2n) is 3.80. The van der Waals surface area contributed by atoms with Crippen LogP contribution in [0.3, 0.4) is 0 Å². The third-order valence-corrected chi connectivity index (χ3v) is 2.70. The lowest BCUT2D eigenvalue weighted by molar-refractivity contribution is 0.415. The first-order valence-electron chi connectivity index (χ1n) is 5.43. The predicted octanol–water partition coefficient (Wildman–Crippen LogP) is 3.09. The van der Waals surface area contributed by atoms with Crippen molar-refractivity contribution in [3.05, 3.63) is 42.2 Å². The average Bonchev–Trinajstić information content (AvgIpc) is 2.38. The smallest absolute Gasteiger partial charge is 0.141 e. The molecule has 0 aromatic heterocycles. The van der Waals surface area contributed by atoms with Crippen molar-refractivity contribution in [3.8, 4) is 22.6 Å². The molecule has 2 rings (SSSR count). The van der Waals surface area contributed by atoms with Gasteiger partial charge in [0, 0.05) is 5.56 Å². The van der Waals surface area contributed by atoms with Gasteiger partial charge in [0.25, 0.3) is 0 Å². The lowest BCUT2D eigenvalue weighted by atomic mass is 10.0. The summed E-state index contributed by atoms with van der Waals surface area (Å²) in [5.74, 6) is 0.871. The molecule has 0 bridgehead atoms. The van der Waals surface area contributed by atoms with Gasteiger partial charge >= 0.3 is 0 Å². The van der Waals surface area contributed by atoms with Crippen molar-refractivity contribution in [1.82, 2.24) is 0 Å². The third kappa shape index (κ3) is 2.22. The van der Waals surface area contributed by atoms with E-state index in [2.05, 4.69) is 0 Å². The number of rotatable bonds is 3. The van der Waals surface area contributed by atoms with Gasteiger partial charge in [0.15, 0.2) is 0 Å². The zero-order chi connectivity index (χ0) is 13.1. The van der Waals surface area contributed by atoms with Gasteiger partial charge < -0.3 is 15.2 Å². The second-order valence-corrected chi connectivity index (χ2v) is 3.80. The van der Waals surface area contributed by atoms with Crippen molar-refractivity contribution in [2.45, 2.75) is 0 Å². The Morgan fingerprint density at radius 2 is 1.61 bits per heavy atom. The van der Waals surface area contributed by atoms with Crippen LogP contribution in [-0.2, 0) is 0 Å². The van der Waals surface area contributed by atoms with E-state index in [1.807, 2.05) is 6.07 Å². The Kier molecular flexibility index (Phi) is 3.37. The Labute approximate surface area is 105 Å². The zero-order valence-electron chi connectivity index (χ0n) is 10.2. The quantitative estimate of drug-likeness (QED) is 0.848. The van der Waals surface area contributed by atoms with Crippen molar-refractivity contribution in [2.75, 3.05) is 20.0 Å². The Balaban J connectivity index is 2.54. The highest BCUT2D eigenvalue weighted by Crippen LogP contribution is 2.34. The van der Waals surface area contributed by atoms with Gasteiger partial charge in [0.1, 0.15) is 17.3 Å². The van der Waals surface area contributed by atoms with E-state index in [0.717, 1.165) is 5.56 Å². The van der Waals surface area contributed by atoms with Crippen LogP contribution in [0.4, 0.5) is 10.1 Å². The van der Waals surface area contributed by atoms with Crippen LogP contribution in [0.2, 0.25) is 0 Å². The second kappa shape index (κ2) is 4.96. The van der Waals surface area contributed by atoms with Gasteiger partial charge in [0.05, 0.1) is 19.9 Å². The molecule has 0 spiro atoms. The number of hydrogen-bond donors (Lipinski definition) is 1. The van der Waals surface area contributed by atoms with Crippen LogP contribution < -0.4 is 15.2 Å². The highest BCUT2D eigenvalue weighted by atomic mass is 19.1. The molecule has 0 aliphatic carbocycles. The maximum atomic E-state index is 13.3. The van der Waals surface area contributed by atoms with Gasteiger partial charge in [-0.1, -0.05) is 6.07 Å². The SMILES string of the molecule is COc1ccc(-c2cc(F)ccc2OC)cc1N. The molecular weight excluding hydrogens is 233 g/mol. The molecule has 0 radical (unpaired) electrons. The van der Waals surface area contributed by atoms with Gasteiger partial charge in [-0.05, 0) is 35.9 Å². The summed E-state index contributed by atoms with van der Waals surface area (Å²) in [6, 6.07) is 9.65. The number of nitrogens with two attached hydrogens (primary N) is 1. The Bertz CT molecular complexity index is 570. The van der Waals surface area contributed by atoms with E-state index in [0.29, 0.717) is 22.7 Å². The van der Waals surface area contributed by atoms with Gasteiger partial charge in [-0.2, -0.15) is 0 Å². The van der Waals surface area contributed by atoms with Crippen molar-refractivity contribution in [1.29, 1.82) is 0 Å². The largest absolute Gasteiger partial charge is 0.496 e. The lowest BCUT2D eigenvalue weighted by Crippen LogP contribution is -1.94. The normalized spacial score (nSPS) is 10.2. The summed E-state index contributed by atoms with van der Waals surface area (Å²) in [6.07, 6.45) is 0. The number of ether oxygens (including phenoxy) is 2. The number of nitrogen functional groups attached to an aromatic ring is 1. The molecule has 0 fully saturated rings. The summed E-state index contributed by atoms with van der Waals surface area (Å²) >= 11 is 0. The number of anilines is 1. The minimum Gasteiger partial charge on any atom is -0.496 e. The number of benzene rings is 2. The molecule has 0 atom stereocenters. The van der Waals surface area contributed by atoms with Gasteiger partial charge in [0.2, 0.25) is 0 Å². The minimum atomic E-state index is -0.319. The van der Waals surface area contributed by atoms with Crippen molar-refractivity contribution >= 4 is 5.69 Å². The molecule has 94 valence electrons. The molecule has 0 heterocycles. The summed E-state index contributed by atoms with van der Waals surface area (Å²) in [7, 11) is 3.09. The van der Waals surface area contributed by atoms with Crippen LogP contribution in [0.25, 0.3) is 11.1 Å². The summed E-state index contributed by atoms with van der Waals surface area (Å²) in [5.41, 5.74) is 7.78. The van der Waals surface area contributed by atoms with E-state index in [4.69, 9.17) is 15.2 Å². The first kappa shape index (κ1) is 12.2. The van der Waals surface area contributed by atoms with E-state index in [-0.39, 0.29) is 5.82 Å². The van der Waals surface area contributed by atoms with Crippen molar-refractivity contribution in [2.24, 2.45) is 0 Å². The van der Waals surface area contributed by atoms with E-state index >= 15 is 0 Å². The molecule has 0 saturated carbocycles. The molecule has 2 aromatic carbocycles. The fourth-order valence-corrected chi connectivity index (χ4v) is 1.81. The van der Waals surface area contributed by atoms with Crippen molar-refractivity contribution in [3.63, 3.8) is 0 Å². The number of methoxy groups -OCH3 is 2. The molecule has 18 heavy (non-hydrogen) atoms. The van der Waals surface area contributed by atoms with E-state index < -0.39 is 0 Å². The van der Waals surface area contributed by atoms with E-state index in [1.165, 1.54) is 12.1 Å². The molecule has 0 unspecified atom stereocenters. The van der Waals surface area contributed by atoms with E-state index in [1.54, 1.807) is 32.4 Å². The predicted molar refractivity (Wildman–Crippen MR) is 69.4 cm³/mol. The standard InChI is InChI=1S/C14H14FNO2/c1-17-13-6-4-10(15)8-11(13)9-3-5-14(18-2)12(16)7-9/h3-8H,16H2,1-2H3. The molecule has 0 saturated heterocycles. The third-order valence-electron chi connectivity index (χ3n) is 2.70. The van der Waals surface area contributed by atoms with Crippen LogP contribution in [0.15, 0.2) is 36.4 Å². The molecule has 0 aliphatic rings. The van der Waals surface area contributed by atoms with Gasteiger partial charge in [-0.25, -0.2) is 4.39 Å². The summed E-state index contributed by atoms with van der Waals surface area (Å²) in [4.78, 5) is 0. The summed E-state index contributed by atoms with van der Waals surface area (Å²) < 4.78 is 23.6. The molecule has 4 heteroatoms. The molecule has 0 aliphatic heterocycles. The number of halogens is 1. The Hall–Kier alpha value is -2.23. The van der Waals surface area contributed by atoms with Crippen LogP contribution in [0, 0.1) is 5.82 Å². The van der Waals surface area contributed by atoms with Gasteiger partial charge in [-0.3, -0.25) is 0 Å². The molecule has 3 nitrogen and oxygen atoms in total. The monoisotopic (exact) mass is 247 g/mol. The molecule has 2 N–H and O–H groups in total. The number of hydrogen-bond acceptors (Lipinski definition) is 3. The highest BCUT2D eigenvalue weighted by Gasteiger charge is 2.09. The molecule has 2 aromatic rings. The lowest BCUT2D eigenvalue weighted by Gasteiger charge is -2.11. The van der Waals surface area contributed by atoms with Crippen LogP contribution in [0.5, 0.6) is 11.5 Å². The Morgan fingerprint density at radius 1 is 0.944 bits per heavy atom. The van der Waals surface area contributed by atoms with Crippen LogP contribution >= 0.6 is 0 Å². The van der Waals surface area contributed by atoms with Crippen LogP contribution in [0.1, 0.15) is 0 Å². The maximum Gasteiger partial charge on any atom is 0.141 e. The molecular formula is C14H14FNO2. The topological polar surface area (TPSA) is 44.5 Å². The highest BCUT2D eigenvalue weighted by molar-refractivity contribution is 5.75. The summed E-state index contributed by atoms with van der Waals surface area (Å²) in [5, 5.41) is 0. The minimum absolute atomic E-state index is 0.319. The average molecular weight is 247 g/mol. The van der Waals surface area contributed by atoms with Gasteiger partial charge in [-0.15, -0.1) is 0 Å². The fourth-order valence-electron chi connectivity index (χ4n) is 1.81.